The van der Waals surface area contributed by atoms with Gasteiger partial charge in [0, 0.05) is 35.3 Å². The van der Waals surface area contributed by atoms with Gasteiger partial charge in [0.2, 0.25) is 0 Å². The molecule has 0 saturated carbocycles. The minimum absolute atomic E-state index is 0.874. The average molecular weight is 371 g/mol. The smallest absolute Gasteiger partial charge is 0.128 e. The van der Waals surface area contributed by atoms with Crippen molar-refractivity contribution in [3.05, 3.63) is 46.5 Å². The Hall–Kier alpha value is -0.810. The number of fused-ring (bicyclic) bond motifs is 1. The van der Waals surface area contributed by atoms with Gasteiger partial charge in [0.1, 0.15) is 5.82 Å². The molecule has 0 aliphatic carbocycles. The van der Waals surface area contributed by atoms with Crippen molar-refractivity contribution in [3.8, 4) is 0 Å². The summed E-state index contributed by atoms with van der Waals surface area (Å²) in [7, 11) is 0. The van der Waals surface area contributed by atoms with Crippen molar-refractivity contribution >= 4 is 37.5 Å². The lowest BCUT2D eigenvalue weighted by molar-refractivity contribution is 0.559. The molecule has 0 bridgehead atoms. The van der Waals surface area contributed by atoms with Gasteiger partial charge in [0.05, 0.1) is 12.2 Å². The summed E-state index contributed by atoms with van der Waals surface area (Å²) in [5.41, 5.74) is 2.53. The van der Waals surface area contributed by atoms with Gasteiger partial charge in [0.15, 0.2) is 0 Å². The molecule has 94 valence electrons. The second-order valence-corrected chi connectivity index (χ2v) is 5.79. The first-order chi connectivity index (χ1) is 8.78. The van der Waals surface area contributed by atoms with Gasteiger partial charge in [-0.25, -0.2) is 4.98 Å². The van der Waals surface area contributed by atoms with E-state index in [1.54, 1.807) is 0 Å². The Balaban J connectivity index is 1.88. The average Bonchev–Trinajstić information content (AvgIpc) is 2.85. The maximum atomic E-state index is 4.39. The summed E-state index contributed by atoms with van der Waals surface area (Å²) < 4.78 is 3.37. The topological polar surface area (TPSA) is 21.1 Å². The molecule has 5 heteroatoms. The molecule has 1 aliphatic rings. The summed E-state index contributed by atoms with van der Waals surface area (Å²) in [4.78, 5) is 6.76. The van der Waals surface area contributed by atoms with Gasteiger partial charge >= 0.3 is 0 Å². The number of halogens is 2. The molecule has 0 amide bonds. The molecular weight excluding hydrogens is 358 g/mol. The summed E-state index contributed by atoms with van der Waals surface area (Å²) in [6.07, 6.45) is 3.93. The molecule has 1 aromatic heterocycles. The van der Waals surface area contributed by atoms with Crippen molar-refractivity contribution in [3.63, 3.8) is 0 Å². The lowest BCUT2D eigenvalue weighted by atomic mass is 10.2. The van der Waals surface area contributed by atoms with Crippen LogP contribution < -0.4 is 4.90 Å². The van der Waals surface area contributed by atoms with Crippen LogP contribution in [0.25, 0.3) is 0 Å². The first-order valence-corrected chi connectivity index (χ1v) is 7.79. The maximum Gasteiger partial charge on any atom is 0.128 e. The zero-order chi connectivity index (χ0) is 12.5. The van der Waals surface area contributed by atoms with E-state index in [4.69, 9.17) is 0 Å². The van der Waals surface area contributed by atoms with E-state index in [1.165, 1.54) is 11.3 Å². The number of benzene rings is 1. The molecule has 1 aliphatic heterocycles. The van der Waals surface area contributed by atoms with E-state index in [0.717, 1.165) is 35.3 Å². The van der Waals surface area contributed by atoms with Crippen LogP contribution in [-0.4, -0.2) is 16.1 Å². The number of imidazole rings is 1. The molecule has 0 unspecified atom stereocenters. The summed E-state index contributed by atoms with van der Waals surface area (Å²) in [5, 5.41) is 0.885. The number of hydrogen-bond acceptors (Lipinski definition) is 2. The Morgan fingerprint density at radius 3 is 2.94 bits per heavy atom. The van der Waals surface area contributed by atoms with Crippen LogP contribution in [0.15, 0.2) is 35.1 Å². The number of anilines is 1. The highest BCUT2D eigenvalue weighted by atomic mass is 79.9. The molecule has 2 aromatic rings. The Morgan fingerprint density at radius 2 is 2.17 bits per heavy atom. The third-order valence-electron chi connectivity index (χ3n) is 3.25. The molecule has 0 spiro atoms. The molecule has 0 radical (unpaired) electrons. The standard InChI is InChI=1S/C13H13Br2N3/c14-8-10-1-2-12(11(15)7-10)18-6-5-17-4-3-16-13(17)9-18/h1-4,7H,5-6,8-9H2. The predicted octanol–water partition coefficient (Wildman–Crippen LogP) is 3.56. The molecule has 18 heavy (non-hydrogen) atoms. The second kappa shape index (κ2) is 5.05. The molecule has 0 fully saturated rings. The van der Waals surface area contributed by atoms with Crippen LogP contribution in [0.5, 0.6) is 0 Å². The van der Waals surface area contributed by atoms with Crippen LogP contribution in [0.1, 0.15) is 11.4 Å². The van der Waals surface area contributed by atoms with E-state index in [2.05, 4.69) is 70.7 Å². The van der Waals surface area contributed by atoms with E-state index in [0.29, 0.717) is 0 Å². The van der Waals surface area contributed by atoms with Gasteiger partial charge in [0.25, 0.3) is 0 Å². The highest BCUT2D eigenvalue weighted by Crippen LogP contribution is 2.30. The fraction of sp³-hybridized carbons (Fsp3) is 0.308. The third-order valence-corrected chi connectivity index (χ3v) is 4.53. The summed E-state index contributed by atoms with van der Waals surface area (Å²) >= 11 is 7.15. The molecule has 3 rings (SSSR count). The van der Waals surface area contributed by atoms with Gasteiger partial charge in [-0.05, 0) is 33.6 Å². The summed E-state index contributed by atoms with van der Waals surface area (Å²) in [5.74, 6) is 1.14. The Morgan fingerprint density at radius 1 is 1.28 bits per heavy atom. The van der Waals surface area contributed by atoms with Gasteiger partial charge < -0.3 is 9.47 Å². The normalized spacial score (nSPS) is 14.7. The monoisotopic (exact) mass is 369 g/mol. The van der Waals surface area contributed by atoms with Crippen molar-refractivity contribution in [2.45, 2.75) is 18.4 Å². The second-order valence-electron chi connectivity index (χ2n) is 4.38. The molecular formula is C13H13Br2N3. The van der Waals surface area contributed by atoms with E-state index >= 15 is 0 Å². The van der Waals surface area contributed by atoms with Crippen LogP contribution >= 0.6 is 31.9 Å². The van der Waals surface area contributed by atoms with E-state index in [-0.39, 0.29) is 0 Å². The van der Waals surface area contributed by atoms with Crippen molar-refractivity contribution in [1.29, 1.82) is 0 Å². The number of alkyl halides is 1. The highest BCUT2D eigenvalue weighted by molar-refractivity contribution is 9.10. The fourth-order valence-corrected chi connectivity index (χ4v) is 3.29. The Kier molecular flexibility index (Phi) is 3.43. The zero-order valence-corrected chi connectivity index (χ0v) is 13.0. The molecule has 2 heterocycles. The SMILES string of the molecule is BrCc1ccc(N2CCn3ccnc3C2)c(Br)c1. The zero-order valence-electron chi connectivity index (χ0n) is 9.81. The van der Waals surface area contributed by atoms with E-state index in [9.17, 15) is 0 Å². The van der Waals surface area contributed by atoms with Gasteiger partial charge in [-0.15, -0.1) is 0 Å². The van der Waals surface area contributed by atoms with Gasteiger partial charge in [-0.2, -0.15) is 0 Å². The lowest BCUT2D eigenvalue weighted by Gasteiger charge is -2.30. The highest BCUT2D eigenvalue weighted by Gasteiger charge is 2.18. The first kappa shape index (κ1) is 12.2. The third kappa shape index (κ3) is 2.21. The number of hydrogen-bond donors (Lipinski definition) is 0. The molecule has 1 aromatic carbocycles. The van der Waals surface area contributed by atoms with Crippen LogP contribution in [0, 0.1) is 0 Å². The van der Waals surface area contributed by atoms with Crippen LogP contribution in [0.3, 0.4) is 0 Å². The number of rotatable bonds is 2. The van der Waals surface area contributed by atoms with Crippen LogP contribution in [0.4, 0.5) is 5.69 Å². The number of nitrogens with zero attached hydrogens (tertiary/aromatic N) is 3. The largest absolute Gasteiger partial charge is 0.361 e. The number of aromatic nitrogens is 2. The first-order valence-electron chi connectivity index (χ1n) is 5.87. The van der Waals surface area contributed by atoms with Crippen LogP contribution in [0.2, 0.25) is 0 Å². The fourth-order valence-electron chi connectivity index (χ4n) is 2.27. The van der Waals surface area contributed by atoms with Crippen molar-refractivity contribution < 1.29 is 0 Å². The van der Waals surface area contributed by atoms with Gasteiger partial charge in [-0.3, -0.25) is 0 Å². The van der Waals surface area contributed by atoms with Crippen LogP contribution in [-0.2, 0) is 18.4 Å². The van der Waals surface area contributed by atoms with Gasteiger partial charge in [-0.1, -0.05) is 22.0 Å². The lowest BCUT2D eigenvalue weighted by Crippen LogP contribution is -2.33. The Labute approximate surface area is 123 Å². The maximum absolute atomic E-state index is 4.39. The molecule has 0 atom stereocenters. The summed E-state index contributed by atoms with van der Waals surface area (Å²) in [6, 6.07) is 6.51. The Bertz CT molecular complexity index is 565. The van der Waals surface area contributed by atoms with E-state index in [1.807, 2.05) is 6.20 Å². The molecule has 0 saturated heterocycles. The minimum atomic E-state index is 0.874. The van der Waals surface area contributed by atoms with Crippen molar-refractivity contribution in [1.82, 2.24) is 9.55 Å². The summed E-state index contributed by atoms with van der Waals surface area (Å²) in [6.45, 7) is 2.90. The molecule has 0 N–H and O–H groups in total. The van der Waals surface area contributed by atoms with Crippen molar-refractivity contribution in [2.24, 2.45) is 0 Å². The quantitative estimate of drug-likeness (QED) is 0.753. The molecule has 3 nitrogen and oxygen atoms in total. The van der Waals surface area contributed by atoms with E-state index < -0.39 is 0 Å². The van der Waals surface area contributed by atoms with Crippen molar-refractivity contribution in [2.75, 3.05) is 11.4 Å². The minimum Gasteiger partial charge on any atom is -0.361 e. The predicted molar refractivity (Wildman–Crippen MR) is 80.1 cm³/mol.